The molecule has 0 spiro atoms. The van der Waals surface area contributed by atoms with Gasteiger partial charge in [-0.25, -0.2) is 9.59 Å². The summed E-state index contributed by atoms with van der Waals surface area (Å²) in [4.78, 5) is 32.2. The predicted molar refractivity (Wildman–Crippen MR) is 52.7 cm³/mol. The van der Waals surface area contributed by atoms with E-state index in [0.29, 0.717) is 6.92 Å². The third kappa shape index (κ3) is 3.87. The number of imide groups is 1. The van der Waals surface area contributed by atoms with Crippen LogP contribution >= 0.6 is 0 Å². The highest BCUT2D eigenvalue weighted by molar-refractivity contribution is 5.95. The normalized spacial score (nSPS) is 14.5. The van der Waals surface area contributed by atoms with Crippen LogP contribution in [-0.4, -0.2) is 48.3 Å². The van der Waals surface area contributed by atoms with Crippen LogP contribution < -0.4 is 16.0 Å². The standard InChI is InChI=1S/C8H12F3N3O4/c1-7(5(16)17,8(9,10)11)13-3-4(15)14-6(18)12-2/h13H,3H2,1-2H3,(H,16,17)(H2,12,14,15,18). The third-order valence-corrected chi connectivity index (χ3v) is 2.08. The Hall–Kier alpha value is -1.84. The largest absolute Gasteiger partial charge is 0.480 e. The summed E-state index contributed by atoms with van der Waals surface area (Å²) in [6.07, 6.45) is -5.09. The van der Waals surface area contributed by atoms with Crippen molar-refractivity contribution in [2.75, 3.05) is 13.6 Å². The number of nitrogens with one attached hydrogen (secondary N) is 3. The number of aliphatic carboxylic acids is 1. The van der Waals surface area contributed by atoms with Gasteiger partial charge in [-0.05, 0) is 6.92 Å². The molecule has 0 aliphatic heterocycles. The summed E-state index contributed by atoms with van der Waals surface area (Å²) in [6, 6.07) is -0.911. The Kier molecular flexibility index (Phi) is 5.09. The number of alkyl halides is 3. The fraction of sp³-hybridized carbons (Fsp3) is 0.625. The van der Waals surface area contributed by atoms with Gasteiger partial charge in [0.25, 0.3) is 0 Å². The molecule has 0 aromatic rings. The van der Waals surface area contributed by atoms with Gasteiger partial charge in [0.05, 0.1) is 6.54 Å². The molecule has 0 rings (SSSR count). The van der Waals surface area contributed by atoms with Gasteiger partial charge in [-0.3, -0.25) is 15.4 Å². The van der Waals surface area contributed by atoms with E-state index in [1.54, 1.807) is 10.6 Å². The molecule has 0 heterocycles. The maximum absolute atomic E-state index is 12.5. The van der Waals surface area contributed by atoms with E-state index in [1.807, 2.05) is 5.32 Å². The van der Waals surface area contributed by atoms with Crippen LogP contribution in [0.25, 0.3) is 0 Å². The van der Waals surface area contributed by atoms with Gasteiger partial charge < -0.3 is 10.4 Å². The fourth-order valence-electron chi connectivity index (χ4n) is 0.787. The molecule has 0 fully saturated rings. The fourth-order valence-corrected chi connectivity index (χ4v) is 0.787. The van der Waals surface area contributed by atoms with Crippen LogP contribution in [0.4, 0.5) is 18.0 Å². The van der Waals surface area contributed by atoms with E-state index in [1.165, 1.54) is 7.05 Å². The van der Waals surface area contributed by atoms with Gasteiger partial charge >= 0.3 is 18.2 Å². The zero-order chi connectivity index (χ0) is 14.6. The molecule has 7 nitrogen and oxygen atoms in total. The Bertz CT molecular complexity index is 358. The van der Waals surface area contributed by atoms with Crippen molar-refractivity contribution in [3.63, 3.8) is 0 Å². The molecule has 0 saturated carbocycles. The molecule has 1 unspecified atom stereocenters. The van der Waals surface area contributed by atoms with Crippen molar-refractivity contribution in [1.29, 1.82) is 0 Å². The zero-order valence-corrected chi connectivity index (χ0v) is 9.51. The second kappa shape index (κ2) is 5.67. The molecule has 104 valence electrons. The topological polar surface area (TPSA) is 108 Å². The second-order valence-corrected chi connectivity index (χ2v) is 3.41. The summed E-state index contributed by atoms with van der Waals surface area (Å²) in [5.41, 5.74) is -3.27. The van der Waals surface area contributed by atoms with Crippen LogP contribution in [-0.2, 0) is 9.59 Å². The van der Waals surface area contributed by atoms with Gasteiger partial charge in [0.2, 0.25) is 11.4 Å². The number of hydrogen-bond acceptors (Lipinski definition) is 4. The zero-order valence-electron chi connectivity index (χ0n) is 9.51. The third-order valence-electron chi connectivity index (χ3n) is 2.08. The van der Waals surface area contributed by atoms with Crippen molar-refractivity contribution in [2.24, 2.45) is 0 Å². The summed E-state index contributed by atoms with van der Waals surface area (Å²) in [5, 5.41) is 13.8. The van der Waals surface area contributed by atoms with Crippen LogP contribution in [0.5, 0.6) is 0 Å². The second-order valence-electron chi connectivity index (χ2n) is 3.41. The minimum Gasteiger partial charge on any atom is -0.480 e. The van der Waals surface area contributed by atoms with Crippen molar-refractivity contribution in [2.45, 2.75) is 18.6 Å². The number of amides is 3. The molecule has 0 radical (unpaired) electrons. The molecule has 0 saturated heterocycles. The van der Waals surface area contributed by atoms with Crippen molar-refractivity contribution < 1.29 is 32.7 Å². The first-order valence-corrected chi connectivity index (χ1v) is 4.61. The molecule has 18 heavy (non-hydrogen) atoms. The van der Waals surface area contributed by atoms with Crippen LogP contribution in [0, 0.1) is 0 Å². The van der Waals surface area contributed by atoms with Crippen LogP contribution in [0.15, 0.2) is 0 Å². The lowest BCUT2D eigenvalue weighted by molar-refractivity contribution is -0.205. The Labute approximate surface area is 99.7 Å². The lowest BCUT2D eigenvalue weighted by Gasteiger charge is -2.28. The first-order chi connectivity index (χ1) is 8.04. The monoisotopic (exact) mass is 271 g/mol. The number of carbonyl (C=O) groups is 3. The first-order valence-electron chi connectivity index (χ1n) is 4.61. The van der Waals surface area contributed by atoms with Gasteiger partial charge in [0.1, 0.15) is 0 Å². The molecule has 0 aliphatic carbocycles. The molecule has 1 atom stereocenters. The number of carboxylic acid groups (broad SMARTS) is 1. The van der Waals surface area contributed by atoms with Crippen molar-refractivity contribution in [1.82, 2.24) is 16.0 Å². The highest BCUT2D eigenvalue weighted by atomic mass is 19.4. The van der Waals surface area contributed by atoms with Gasteiger partial charge in [0, 0.05) is 7.05 Å². The number of hydrogen-bond donors (Lipinski definition) is 4. The molecular formula is C8H12F3N3O4. The predicted octanol–water partition coefficient (Wildman–Crippen LogP) is -0.563. The number of urea groups is 1. The minimum absolute atomic E-state index is 0.377. The van der Waals surface area contributed by atoms with Gasteiger partial charge in [-0.2, -0.15) is 13.2 Å². The maximum atomic E-state index is 12.5. The molecule has 3 amide bonds. The number of carbonyl (C=O) groups excluding carboxylic acids is 2. The Morgan fingerprint density at radius 2 is 1.72 bits per heavy atom. The quantitative estimate of drug-likeness (QED) is 0.548. The Balaban J connectivity index is 4.62. The van der Waals surface area contributed by atoms with Crippen LogP contribution in [0.3, 0.4) is 0 Å². The minimum atomic E-state index is -5.09. The van der Waals surface area contributed by atoms with Gasteiger partial charge in [0.15, 0.2) is 0 Å². The molecule has 0 bridgehead atoms. The maximum Gasteiger partial charge on any atom is 0.417 e. The summed E-state index contributed by atoms with van der Waals surface area (Å²) in [7, 11) is 1.20. The van der Waals surface area contributed by atoms with Crippen molar-refractivity contribution in [3.8, 4) is 0 Å². The smallest absolute Gasteiger partial charge is 0.417 e. The molecule has 4 N–H and O–H groups in total. The average molecular weight is 271 g/mol. The lowest BCUT2D eigenvalue weighted by atomic mass is 10.0. The Morgan fingerprint density at radius 3 is 2.06 bits per heavy atom. The Morgan fingerprint density at radius 1 is 1.22 bits per heavy atom. The van der Waals surface area contributed by atoms with Crippen LogP contribution in [0.1, 0.15) is 6.92 Å². The van der Waals surface area contributed by atoms with Gasteiger partial charge in [-0.15, -0.1) is 0 Å². The number of halogens is 3. The highest BCUT2D eigenvalue weighted by Crippen LogP contribution is 2.30. The van der Waals surface area contributed by atoms with E-state index >= 15 is 0 Å². The van der Waals surface area contributed by atoms with E-state index in [2.05, 4.69) is 0 Å². The number of rotatable bonds is 4. The number of carboxylic acids is 1. The summed E-state index contributed by atoms with van der Waals surface area (Å²) < 4.78 is 37.4. The molecular weight excluding hydrogens is 259 g/mol. The molecule has 0 aliphatic rings. The molecule has 0 aromatic carbocycles. The van der Waals surface area contributed by atoms with Gasteiger partial charge in [-0.1, -0.05) is 0 Å². The highest BCUT2D eigenvalue weighted by Gasteiger charge is 2.57. The summed E-state index contributed by atoms with van der Waals surface area (Å²) >= 11 is 0. The van der Waals surface area contributed by atoms with E-state index in [9.17, 15) is 27.6 Å². The summed E-state index contributed by atoms with van der Waals surface area (Å²) in [5.74, 6) is -3.27. The lowest BCUT2D eigenvalue weighted by Crippen LogP contribution is -2.62. The average Bonchev–Trinajstić information content (AvgIpc) is 2.23. The molecule has 10 heteroatoms. The first kappa shape index (κ1) is 16.2. The van der Waals surface area contributed by atoms with Crippen molar-refractivity contribution >= 4 is 17.9 Å². The molecule has 0 aromatic heterocycles. The van der Waals surface area contributed by atoms with Crippen molar-refractivity contribution in [3.05, 3.63) is 0 Å². The van der Waals surface area contributed by atoms with E-state index < -0.39 is 36.2 Å². The van der Waals surface area contributed by atoms with Crippen LogP contribution in [0.2, 0.25) is 0 Å². The summed E-state index contributed by atoms with van der Waals surface area (Å²) in [6.45, 7) is -0.599. The van der Waals surface area contributed by atoms with E-state index in [4.69, 9.17) is 5.11 Å². The SMILES string of the molecule is CNC(=O)NC(=O)CNC(C)(C(=O)O)C(F)(F)F. The van der Waals surface area contributed by atoms with E-state index in [0.717, 1.165) is 0 Å². The van der Waals surface area contributed by atoms with E-state index in [-0.39, 0.29) is 0 Å².